The number of ether oxygens (including phenoxy) is 1. The van der Waals surface area contributed by atoms with Gasteiger partial charge in [0.15, 0.2) is 0 Å². The molecule has 1 N–H and O–H groups in total. The number of rotatable bonds is 5. The van der Waals surface area contributed by atoms with Crippen LogP contribution in [0.1, 0.15) is 63.9 Å². The molecule has 0 amide bonds. The van der Waals surface area contributed by atoms with E-state index in [1.165, 1.54) is 12.0 Å². The van der Waals surface area contributed by atoms with E-state index in [2.05, 4.69) is 26.0 Å². The highest BCUT2D eigenvalue weighted by Gasteiger charge is 2.30. The molecule has 1 fully saturated rings. The predicted molar refractivity (Wildman–Crippen MR) is 78.7 cm³/mol. The van der Waals surface area contributed by atoms with Crippen molar-refractivity contribution in [2.75, 3.05) is 6.61 Å². The fourth-order valence-corrected chi connectivity index (χ4v) is 2.81. The first-order chi connectivity index (χ1) is 9.14. The molecule has 0 radical (unpaired) electrons. The van der Waals surface area contributed by atoms with Crippen molar-refractivity contribution in [3.63, 3.8) is 0 Å². The number of para-hydroxylation sites is 1. The summed E-state index contributed by atoms with van der Waals surface area (Å²) in [6.07, 6.45) is 6.33. The molecule has 1 aromatic carbocycles. The molecule has 1 saturated carbocycles. The molecular weight excluding hydrogens is 236 g/mol. The molecule has 0 aromatic heterocycles. The fraction of sp³-hybridized carbons (Fsp3) is 0.647. The van der Waals surface area contributed by atoms with Gasteiger partial charge in [0, 0.05) is 0 Å². The molecule has 2 nitrogen and oxygen atoms in total. The second kappa shape index (κ2) is 6.42. The number of hydrogen-bond donors (Lipinski definition) is 1. The number of hydrogen-bond acceptors (Lipinski definition) is 2. The molecule has 1 aromatic rings. The van der Waals surface area contributed by atoms with Gasteiger partial charge in [-0.1, -0.05) is 51.3 Å². The van der Waals surface area contributed by atoms with Gasteiger partial charge in [-0.25, -0.2) is 0 Å². The lowest BCUT2D eigenvalue weighted by molar-refractivity contribution is -0.0341. The smallest absolute Gasteiger partial charge is 0.122 e. The molecule has 0 heterocycles. The third-order valence-electron chi connectivity index (χ3n) is 4.34. The van der Waals surface area contributed by atoms with Crippen molar-refractivity contribution >= 4 is 0 Å². The van der Waals surface area contributed by atoms with E-state index in [9.17, 15) is 5.11 Å². The Labute approximate surface area is 116 Å². The summed E-state index contributed by atoms with van der Waals surface area (Å²) in [4.78, 5) is 0. The summed E-state index contributed by atoms with van der Waals surface area (Å²) in [5, 5.41) is 10.5. The zero-order valence-electron chi connectivity index (χ0n) is 12.2. The largest absolute Gasteiger partial charge is 0.490 e. The Bertz CT molecular complexity index is 394. The van der Waals surface area contributed by atoms with E-state index < -0.39 is 5.60 Å². The first-order valence-electron chi connectivity index (χ1n) is 7.59. The van der Waals surface area contributed by atoms with Gasteiger partial charge in [0.05, 0.1) is 5.60 Å². The van der Waals surface area contributed by atoms with Crippen LogP contribution in [0, 0.1) is 0 Å². The highest BCUT2D eigenvalue weighted by atomic mass is 16.5. The second-order valence-corrected chi connectivity index (χ2v) is 5.92. The van der Waals surface area contributed by atoms with E-state index in [1.54, 1.807) is 0 Å². The van der Waals surface area contributed by atoms with Crippen LogP contribution >= 0.6 is 0 Å². The Balaban J connectivity index is 2.02. The van der Waals surface area contributed by atoms with E-state index in [4.69, 9.17) is 4.74 Å². The molecule has 106 valence electrons. The van der Waals surface area contributed by atoms with Crippen molar-refractivity contribution in [3.8, 4) is 5.75 Å². The molecule has 19 heavy (non-hydrogen) atoms. The standard InChI is InChI=1S/C17H26O2/c1-3-14(2)15-9-5-6-10-16(15)19-13-17(18)11-7-4-8-12-17/h5-6,9-10,14,18H,3-4,7-8,11-13H2,1-2H3. The Morgan fingerprint density at radius 1 is 1.21 bits per heavy atom. The van der Waals surface area contributed by atoms with Crippen molar-refractivity contribution in [2.45, 2.75) is 63.9 Å². The molecule has 2 heteroatoms. The Morgan fingerprint density at radius 3 is 2.58 bits per heavy atom. The third kappa shape index (κ3) is 3.73. The Morgan fingerprint density at radius 2 is 1.89 bits per heavy atom. The molecule has 0 saturated heterocycles. The van der Waals surface area contributed by atoms with Crippen LogP contribution in [0.3, 0.4) is 0 Å². The number of aliphatic hydroxyl groups is 1. The van der Waals surface area contributed by atoms with Crippen LogP contribution in [0.4, 0.5) is 0 Å². The summed E-state index contributed by atoms with van der Waals surface area (Å²) in [7, 11) is 0. The molecule has 0 spiro atoms. The number of benzene rings is 1. The Hall–Kier alpha value is -1.02. The van der Waals surface area contributed by atoms with Gasteiger partial charge in [-0.2, -0.15) is 0 Å². The summed E-state index contributed by atoms with van der Waals surface area (Å²) in [5.41, 5.74) is 0.644. The van der Waals surface area contributed by atoms with Gasteiger partial charge in [0.25, 0.3) is 0 Å². The summed E-state index contributed by atoms with van der Waals surface area (Å²) < 4.78 is 5.95. The second-order valence-electron chi connectivity index (χ2n) is 5.92. The van der Waals surface area contributed by atoms with Gasteiger partial charge in [-0.3, -0.25) is 0 Å². The zero-order chi connectivity index (χ0) is 13.7. The van der Waals surface area contributed by atoms with Crippen LogP contribution < -0.4 is 4.74 Å². The predicted octanol–water partition coefficient (Wildman–Crippen LogP) is 4.27. The maximum Gasteiger partial charge on any atom is 0.122 e. The third-order valence-corrected chi connectivity index (χ3v) is 4.34. The lowest BCUT2D eigenvalue weighted by Gasteiger charge is -2.32. The van der Waals surface area contributed by atoms with Crippen LogP contribution in [0.25, 0.3) is 0 Å². The van der Waals surface area contributed by atoms with Crippen LogP contribution in [0.5, 0.6) is 5.75 Å². The van der Waals surface area contributed by atoms with Crippen LogP contribution in [0.15, 0.2) is 24.3 Å². The lowest BCUT2D eigenvalue weighted by atomic mass is 9.85. The monoisotopic (exact) mass is 262 g/mol. The first-order valence-corrected chi connectivity index (χ1v) is 7.59. The summed E-state index contributed by atoms with van der Waals surface area (Å²) >= 11 is 0. The maximum absolute atomic E-state index is 10.5. The normalized spacial score (nSPS) is 19.9. The highest BCUT2D eigenvalue weighted by Crippen LogP contribution is 2.32. The first kappa shape index (κ1) is 14.4. The molecule has 1 aliphatic rings. The van der Waals surface area contributed by atoms with E-state index >= 15 is 0 Å². The molecule has 2 rings (SSSR count). The molecule has 0 bridgehead atoms. The van der Waals surface area contributed by atoms with Gasteiger partial charge in [0.2, 0.25) is 0 Å². The van der Waals surface area contributed by atoms with E-state index in [0.29, 0.717) is 12.5 Å². The average Bonchev–Trinajstić information content (AvgIpc) is 2.45. The minimum absolute atomic E-state index is 0.431. The molecular formula is C17H26O2. The van der Waals surface area contributed by atoms with Crippen molar-refractivity contribution in [2.24, 2.45) is 0 Å². The molecule has 0 aliphatic heterocycles. The minimum Gasteiger partial charge on any atom is -0.490 e. The topological polar surface area (TPSA) is 29.5 Å². The quantitative estimate of drug-likeness (QED) is 0.858. The molecule has 1 atom stereocenters. The van der Waals surface area contributed by atoms with Gasteiger partial charge in [-0.05, 0) is 36.8 Å². The van der Waals surface area contributed by atoms with Crippen LogP contribution in [0.2, 0.25) is 0 Å². The highest BCUT2D eigenvalue weighted by molar-refractivity contribution is 5.35. The van der Waals surface area contributed by atoms with E-state index in [0.717, 1.165) is 37.9 Å². The van der Waals surface area contributed by atoms with Crippen molar-refractivity contribution in [3.05, 3.63) is 29.8 Å². The zero-order valence-corrected chi connectivity index (χ0v) is 12.2. The van der Waals surface area contributed by atoms with E-state index in [1.807, 2.05) is 12.1 Å². The van der Waals surface area contributed by atoms with Crippen LogP contribution in [-0.4, -0.2) is 17.3 Å². The van der Waals surface area contributed by atoms with Gasteiger partial charge < -0.3 is 9.84 Å². The van der Waals surface area contributed by atoms with Gasteiger partial charge in [-0.15, -0.1) is 0 Å². The van der Waals surface area contributed by atoms with Gasteiger partial charge >= 0.3 is 0 Å². The summed E-state index contributed by atoms with van der Waals surface area (Å²) in [5.74, 6) is 1.44. The SMILES string of the molecule is CCC(C)c1ccccc1OCC1(O)CCCCC1. The lowest BCUT2D eigenvalue weighted by Crippen LogP contribution is -2.38. The fourth-order valence-electron chi connectivity index (χ4n) is 2.81. The summed E-state index contributed by atoms with van der Waals surface area (Å²) in [6, 6.07) is 8.22. The summed E-state index contributed by atoms with van der Waals surface area (Å²) in [6.45, 7) is 4.84. The minimum atomic E-state index is -0.610. The van der Waals surface area contributed by atoms with Crippen LogP contribution in [-0.2, 0) is 0 Å². The van der Waals surface area contributed by atoms with Crippen molar-refractivity contribution in [1.82, 2.24) is 0 Å². The van der Waals surface area contributed by atoms with Crippen molar-refractivity contribution < 1.29 is 9.84 Å². The maximum atomic E-state index is 10.5. The molecule has 1 aliphatic carbocycles. The van der Waals surface area contributed by atoms with E-state index in [-0.39, 0.29) is 0 Å². The van der Waals surface area contributed by atoms with Crippen molar-refractivity contribution in [1.29, 1.82) is 0 Å². The average molecular weight is 262 g/mol. The Kier molecular flexibility index (Phi) is 4.87. The van der Waals surface area contributed by atoms with Gasteiger partial charge in [0.1, 0.15) is 12.4 Å². The molecule has 1 unspecified atom stereocenters.